The van der Waals surface area contributed by atoms with E-state index < -0.39 is 65.7 Å². The highest BCUT2D eigenvalue weighted by Crippen LogP contribution is 2.29. The number of likely N-dealkylation sites (N-methyl/N-ethyl adjacent to an activating group) is 1. The maximum Gasteiger partial charge on any atom is 0.468 e. The van der Waals surface area contributed by atoms with Gasteiger partial charge in [0, 0.05) is 20.1 Å². The fourth-order valence-corrected chi connectivity index (χ4v) is 4.65. The van der Waals surface area contributed by atoms with Crippen LogP contribution in [0.25, 0.3) is 0 Å². The van der Waals surface area contributed by atoms with Crippen LogP contribution in [0, 0.1) is 11.8 Å². The fraction of sp³-hybridized carbons (Fsp3) is 0.792. The van der Waals surface area contributed by atoms with Gasteiger partial charge < -0.3 is 25.0 Å². The SMILES string of the molecule is CO/C(=N\[C@@](C)(CC(C)C)C(=O)N(C)[C@H](C(=O)N[C@@H](CC(=O)O)C(=O)N1CCCC1)C(C)C)C(F)(F)F. The predicted octanol–water partition coefficient (Wildman–Crippen LogP) is 2.46. The summed E-state index contributed by atoms with van der Waals surface area (Å²) in [6.07, 6.45) is -4.12. The van der Waals surface area contributed by atoms with Gasteiger partial charge in [-0.2, -0.15) is 13.2 Å². The Balaban J connectivity index is 3.34. The van der Waals surface area contributed by atoms with Gasteiger partial charge in [-0.15, -0.1) is 0 Å². The highest BCUT2D eigenvalue weighted by atomic mass is 19.4. The molecule has 0 aromatic rings. The van der Waals surface area contributed by atoms with Crippen LogP contribution in [0.15, 0.2) is 4.99 Å². The summed E-state index contributed by atoms with van der Waals surface area (Å²) < 4.78 is 44.6. The van der Waals surface area contributed by atoms with E-state index >= 15 is 0 Å². The maximum atomic E-state index is 13.6. The van der Waals surface area contributed by atoms with E-state index in [0.29, 0.717) is 13.1 Å². The molecule has 13 heteroatoms. The lowest BCUT2D eigenvalue weighted by Crippen LogP contribution is -2.59. The van der Waals surface area contributed by atoms with Gasteiger partial charge in [-0.1, -0.05) is 27.7 Å². The molecular weight excluding hydrogens is 497 g/mol. The first-order chi connectivity index (χ1) is 16.9. The molecule has 1 heterocycles. The number of carbonyl (C=O) groups excluding carboxylic acids is 3. The number of carbonyl (C=O) groups is 4. The zero-order valence-corrected chi connectivity index (χ0v) is 22.5. The Morgan fingerprint density at radius 2 is 1.65 bits per heavy atom. The molecule has 2 N–H and O–H groups in total. The molecule has 1 fully saturated rings. The minimum absolute atomic E-state index is 0.0688. The molecule has 0 aromatic heterocycles. The van der Waals surface area contributed by atoms with Gasteiger partial charge >= 0.3 is 12.1 Å². The maximum absolute atomic E-state index is 13.6. The molecule has 1 saturated heterocycles. The number of ether oxygens (including phenoxy) is 1. The molecule has 3 amide bonds. The van der Waals surface area contributed by atoms with Crippen molar-refractivity contribution in [2.75, 3.05) is 27.2 Å². The fourth-order valence-electron chi connectivity index (χ4n) is 4.65. The van der Waals surface area contributed by atoms with Gasteiger partial charge in [0.1, 0.15) is 17.6 Å². The number of hydrogen-bond acceptors (Lipinski definition) is 6. The molecule has 0 bridgehead atoms. The number of nitrogens with one attached hydrogen (secondary N) is 1. The molecule has 1 aliphatic rings. The third-order valence-electron chi connectivity index (χ3n) is 6.10. The van der Waals surface area contributed by atoms with Crippen LogP contribution in [-0.4, -0.2) is 95.5 Å². The third-order valence-corrected chi connectivity index (χ3v) is 6.10. The first kappa shape index (κ1) is 32.2. The van der Waals surface area contributed by atoms with Crippen molar-refractivity contribution >= 4 is 29.6 Å². The number of amides is 3. The number of hydrogen-bond donors (Lipinski definition) is 2. The molecule has 3 atom stereocenters. The van der Waals surface area contributed by atoms with Gasteiger partial charge in [0.25, 0.3) is 11.8 Å². The molecule has 0 aromatic carbocycles. The Morgan fingerprint density at radius 3 is 2.05 bits per heavy atom. The first-order valence-corrected chi connectivity index (χ1v) is 12.2. The number of likely N-dealkylation sites (tertiary alicyclic amines) is 1. The lowest BCUT2D eigenvalue weighted by molar-refractivity contribution is -0.147. The molecule has 0 saturated carbocycles. The number of halogens is 3. The second-order valence-corrected chi connectivity index (χ2v) is 10.3. The van der Waals surface area contributed by atoms with Crippen LogP contribution in [0.3, 0.4) is 0 Å². The van der Waals surface area contributed by atoms with Crippen LogP contribution >= 0.6 is 0 Å². The van der Waals surface area contributed by atoms with Crippen molar-refractivity contribution in [3.05, 3.63) is 0 Å². The quantitative estimate of drug-likeness (QED) is 0.308. The van der Waals surface area contributed by atoms with E-state index in [9.17, 15) is 37.5 Å². The molecule has 10 nitrogen and oxygen atoms in total. The predicted molar refractivity (Wildman–Crippen MR) is 130 cm³/mol. The summed E-state index contributed by atoms with van der Waals surface area (Å²) >= 11 is 0. The third kappa shape index (κ3) is 8.89. The van der Waals surface area contributed by atoms with Gasteiger partial charge in [-0.3, -0.25) is 19.2 Å². The summed E-state index contributed by atoms with van der Waals surface area (Å²) in [7, 11) is 2.08. The topological polar surface area (TPSA) is 129 Å². The first-order valence-electron chi connectivity index (χ1n) is 12.2. The normalized spacial score (nSPS) is 17.8. The zero-order chi connectivity index (χ0) is 28.7. The van der Waals surface area contributed by atoms with Crippen LogP contribution < -0.4 is 5.32 Å². The van der Waals surface area contributed by atoms with Crippen molar-refractivity contribution in [3.8, 4) is 0 Å². The van der Waals surface area contributed by atoms with E-state index in [1.165, 1.54) is 18.9 Å². The van der Waals surface area contributed by atoms with Gasteiger partial charge in [0.05, 0.1) is 13.5 Å². The van der Waals surface area contributed by atoms with Crippen LogP contribution in [0.5, 0.6) is 0 Å². The molecule has 1 rings (SSSR count). The van der Waals surface area contributed by atoms with E-state index in [0.717, 1.165) is 24.9 Å². The molecule has 212 valence electrons. The molecule has 0 unspecified atom stereocenters. The Bertz CT molecular complexity index is 871. The summed E-state index contributed by atoms with van der Waals surface area (Å²) in [6, 6.07) is -2.56. The summed E-state index contributed by atoms with van der Waals surface area (Å²) in [5, 5.41) is 11.8. The number of rotatable bonds is 11. The van der Waals surface area contributed by atoms with Crippen molar-refractivity contribution in [2.45, 2.75) is 84.1 Å². The van der Waals surface area contributed by atoms with E-state index in [1.54, 1.807) is 27.7 Å². The molecule has 0 aliphatic carbocycles. The second-order valence-electron chi connectivity index (χ2n) is 10.3. The average Bonchev–Trinajstić information content (AvgIpc) is 3.29. The average molecular weight is 537 g/mol. The van der Waals surface area contributed by atoms with Crippen molar-refractivity contribution in [1.82, 2.24) is 15.1 Å². The van der Waals surface area contributed by atoms with Gasteiger partial charge in [-0.25, -0.2) is 4.99 Å². The summed E-state index contributed by atoms with van der Waals surface area (Å²) in [5.41, 5.74) is -1.91. The molecule has 0 radical (unpaired) electrons. The lowest BCUT2D eigenvalue weighted by atomic mass is 9.88. The Kier molecular flexibility index (Phi) is 11.4. The standard InChI is InChI=1S/C24H39F3N4O6/c1-14(2)13-23(5,29-21(37-7)24(25,26)27)22(36)30(6)18(15(3)4)19(34)28-16(12-17(32)33)20(35)31-10-8-9-11-31/h14-16,18H,8-13H2,1-7H3,(H,28,34)(H,32,33)/b29-21-/t16-,18-,23-/m0/s1. The highest BCUT2D eigenvalue weighted by molar-refractivity contribution is 5.96. The van der Waals surface area contributed by atoms with E-state index in [-0.39, 0.29) is 12.3 Å². The Hall–Kier alpha value is -2.86. The molecule has 0 spiro atoms. The summed E-state index contributed by atoms with van der Waals surface area (Å²) in [5.74, 6) is -5.80. The van der Waals surface area contributed by atoms with Crippen molar-refractivity contribution in [2.24, 2.45) is 16.8 Å². The van der Waals surface area contributed by atoms with Crippen LogP contribution in [0.1, 0.15) is 60.3 Å². The van der Waals surface area contributed by atoms with E-state index in [2.05, 4.69) is 15.0 Å². The number of nitrogens with zero attached hydrogens (tertiary/aromatic N) is 3. The van der Waals surface area contributed by atoms with Crippen LogP contribution in [-0.2, 0) is 23.9 Å². The number of carboxylic acids is 1. The Morgan fingerprint density at radius 1 is 1.11 bits per heavy atom. The monoisotopic (exact) mass is 536 g/mol. The lowest BCUT2D eigenvalue weighted by Gasteiger charge is -2.37. The second kappa shape index (κ2) is 13.1. The van der Waals surface area contributed by atoms with Gasteiger partial charge in [-0.05, 0) is 38.0 Å². The van der Waals surface area contributed by atoms with Crippen molar-refractivity contribution in [3.63, 3.8) is 0 Å². The number of aliphatic carboxylic acids is 1. The van der Waals surface area contributed by atoms with Crippen LogP contribution in [0.2, 0.25) is 0 Å². The van der Waals surface area contributed by atoms with Crippen molar-refractivity contribution in [1.29, 1.82) is 0 Å². The van der Waals surface area contributed by atoms with Gasteiger partial charge in [0.15, 0.2) is 0 Å². The van der Waals surface area contributed by atoms with Crippen molar-refractivity contribution < 1.29 is 42.2 Å². The highest BCUT2D eigenvalue weighted by Gasteiger charge is 2.46. The summed E-state index contributed by atoms with van der Waals surface area (Å²) in [6.45, 7) is 8.83. The molecule has 1 aliphatic heterocycles. The number of alkyl halides is 3. The Labute approximate surface area is 215 Å². The minimum atomic E-state index is -4.93. The number of methoxy groups -OCH3 is 1. The number of carboxylic acid groups (broad SMARTS) is 1. The minimum Gasteiger partial charge on any atom is -0.481 e. The molecule has 37 heavy (non-hydrogen) atoms. The number of aliphatic imine (C=N–C) groups is 1. The van der Waals surface area contributed by atoms with Gasteiger partial charge in [0.2, 0.25) is 11.8 Å². The van der Waals surface area contributed by atoms with E-state index in [4.69, 9.17) is 0 Å². The van der Waals surface area contributed by atoms with E-state index in [1.807, 2.05) is 0 Å². The molecular formula is C24H39F3N4O6. The largest absolute Gasteiger partial charge is 0.481 e. The smallest absolute Gasteiger partial charge is 0.468 e. The zero-order valence-electron chi connectivity index (χ0n) is 22.5. The van der Waals surface area contributed by atoms with Crippen LogP contribution in [0.4, 0.5) is 13.2 Å². The summed E-state index contributed by atoms with van der Waals surface area (Å²) in [4.78, 5) is 57.3.